The summed E-state index contributed by atoms with van der Waals surface area (Å²) in [6.07, 6.45) is 0.540. The van der Waals surface area contributed by atoms with Crippen molar-refractivity contribution in [3.63, 3.8) is 0 Å². The van der Waals surface area contributed by atoms with Gasteiger partial charge in [0.05, 0.1) is 11.5 Å². The predicted molar refractivity (Wildman–Crippen MR) is 74.7 cm³/mol. The highest BCUT2D eigenvalue weighted by molar-refractivity contribution is 14.1. The summed E-state index contributed by atoms with van der Waals surface area (Å²) in [5.74, 6) is 0. The van der Waals surface area contributed by atoms with Gasteiger partial charge in [0, 0.05) is 29.2 Å². The Kier molecular flexibility index (Phi) is 4.03. The summed E-state index contributed by atoms with van der Waals surface area (Å²) >= 11 is 2.02. The van der Waals surface area contributed by atoms with Gasteiger partial charge in [0.15, 0.2) is 0 Å². The van der Waals surface area contributed by atoms with Gasteiger partial charge in [-0.15, -0.1) is 0 Å². The molecule has 2 N–H and O–H groups in total. The van der Waals surface area contributed by atoms with E-state index in [-0.39, 0.29) is 18.8 Å². The van der Waals surface area contributed by atoms with Crippen molar-refractivity contribution in [2.45, 2.75) is 12.0 Å². The van der Waals surface area contributed by atoms with Gasteiger partial charge in [-0.3, -0.25) is 10.1 Å². The molecular formula is C11H13IN2O4. The molecule has 1 heterocycles. The second kappa shape index (κ2) is 5.37. The molecule has 1 aliphatic heterocycles. The van der Waals surface area contributed by atoms with Gasteiger partial charge in [-0.05, 0) is 34.7 Å². The highest BCUT2D eigenvalue weighted by Gasteiger charge is 2.32. The van der Waals surface area contributed by atoms with Crippen LogP contribution in [0.4, 0.5) is 11.4 Å². The number of nitro benzene ring substituents is 1. The third-order valence-corrected chi connectivity index (χ3v) is 3.52. The zero-order valence-electron chi connectivity index (χ0n) is 9.56. The maximum absolute atomic E-state index is 10.9. The topological polar surface area (TPSA) is 84.6 Å². The van der Waals surface area contributed by atoms with Crippen LogP contribution in [0.3, 0.4) is 0 Å². The van der Waals surface area contributed by atoms with Crippen LogP contribution >= 0.6 is 22.6 Å². The first-order valence-corrected chi connectivity index (χ1v) is 6.56. The van der Waals surface area contributed by atoms with Gasteiger partial charge in [-0.2, -0.15) is 0 Å². The largest absolute Gasteiger partial charge is 0.386 e. The maximum atomic E-state index is 10.9. The van der Waals surface area contributed by atoms with Crippen molar-refractivity contribution in [1.29, 1.82) is 0 Å². The van der Waals surface area contributed by atoms with E-state index in [9.17, 15) is 15.2 Å². The van der Waals surface area contributed by atoms with Gasteiger partial charge in [-0.1, -0.05) is 0 Å². The molecule has 0 aliphatic carbocycles. The number of ether oxygens (including phenoxy) is 1. The molecule has 0 saturated carbocycles. The Bertz CT molecular complexity index is 460. The highest BCUT2D eigenvalue weighted by atomic mass is 127. The van der Waals surface area contributed by atoms with E-state index < -0.39 is 10.5 Å². The van der Waals surface area contributed by atoms with E-state index in [0.717, 1.165) is 3.57 Å². The molecular weight excluding hydrogens is 351 g/mol. The molecule has 0 bridgehead atoms. The summed E-state index contributed by atoms with van der Waals surface area (Å²) in [4.78, 5) is 10.5. The number of aliphatic hydroxyl groups is 1. The predicted octanol–water partition coefficient (Wildman–Crippen LogP) is 1.76. The van der Waals surface area contributed by atoms with E-state index in [1.165, 1.54) is 6.07 Å². The van der Waals surface area contributed by atoms with E-state index in [1.54, 1.807) is 12.1 Å². The third kappa shape index (κ3) is 3.09. The number of nitrogens with one attached hydrogen (secondary N) is 1. The molecule has 0 spiro atoms. The summed E-state index contributed by atoms with van der Waals surface area (Å²) in [6, 6.07) is 4.93. The molecule has 1 aromatic carbocycles. The van der Waals surface area contributed by atoms with Crippen molar-refractivity contribution in [3.8, 4) is 0 Å². The summed E-state index contributed by atoms with van der Waals surface area (Å²) in [5, 5.41) is 23.9. The molecule has 0 aromatic heterocycles. The zero-order chi connectivity index (χ0) is 13.2. The van der Waals surface area contributed by atoms with Crippen molar-refractivity contribution in [2.24, 2.45) is 0 Å². The van der Waals surface area contributed by atoms with E-state index in [4.69, 9.17) is 4.74 Å². The van der Waals surface area contributed by atoms with Gasteiger partial charge < -0.3 is 15.2 Å². The fourth-order valence-corrected chi connectivity index (χ4v) is 2.28. The molecule has 98 valence electrons. The SMILES string of the molecule is O=[N+]([O-])c1cc(I)ccc1NCC1(O)CCOC1. The van der Waals surface area contributed by atoms with Crippen LogP contribution in [-0.2, 0) is 4.74 Å². The lowest BCUT2D eigenvalue weighted by Crippen LogP contribution is -2.37. The van der Waals surface area contributed by atoms with Gasteiger partial charge >= 0.3 is 0 Å². The number of anilines is 1. The zero-order valence-corrected chi connectivity index (χ0v) is 11.7. The number of benzene rings is 1. The Morgan fingerprint density at radius 1 is 1.61 bits per heavy atom. The van der Waals surface area contributed by atoms with Crippen LogP contribution in [-0.4, -0.2) is 35.4 Å². The average Bonchev–Trinajstić information content (AvgIpc) is 2.75. The molecule has 6 nitrogen and oxygen atoms in total. The maximum Gasteiger partial charge on any atom is 0.293 e. The van der Waals surface area contributed by atoms with Crippen molar-refractivity contribution in [1.82, 2.24) is 0 Å². The van der Waals surface area contributed by atoms with E-state index in [1.807, 2.05) is 22.6 Å². The summed E-state index contributed by atoms with van der Waals surface area (Å²) < 4.78 is 5.92. The first kappa shape index (κ1) is 13.5. The number of halogens is 1. The molecule has 1 aliphatic rings. The van der Waals surface area contributed by atoms with Crippen molar-refractivity contribution >= 4 is 34.0 Å². The first-order valence-electron chi connectivity index (χ1n) is 5.48. The summed E-state index contributed by atoms with van der Waals surface area (Å²) in [6.45, 7) is 1.03. The molecule has 18 heavy (non-hydrogen) atoms. The van der Waals surface area contributed by atoms with Crippen molar-refractivity contribution < 1.29 is 14.8 Å². The number of nitrogens with zero attached hydrogens (tertiary/aromatic N) is 1. The van der Waals surface area contributed by atoms with Crippen molar-refractivity contribution in [3.05, 3.63) is 31.9 Å². The summed E-state index contributed by atoms with van der Waals surface area (Å²) in [5.41, 5.74) is -0.498. The number of hydrogen-bond acceptors (Lipinski definition) is 5. The third-order valence-electron chi connectivity index (χ3n) is 2.85. The smallest absolute Gasteiger partial charge is 0.293 e. The molecule has 2 rings (SSSR count). The monoisotopic (exact) mass is 364 g/mol. The van der Waals surface area contributed by atoms with Gasteiger partial charge in [0.1, 0.15) is 11.3 Å². The Balaban J connectivity index is 2.11. The van der Waals surface area contributed by atoms with Gasteiger partial charge in [-0.25, -0.2) is 0 Å². The van der Waals surface area contributed by atoms with Crippen LogP contribution in [0.5, 0.6) is 0 Å². The second-order valence-electron chi connectivity index (χ2n) is 4.30. The van der Waals surface area contributed by atoms with Gasteiger partial charge in [0.25, 0.3) is 5.69 Å². The minimum atomic E-state index is -0.934. The number of hydrogen-bond donors (Lipinski definition) is 2. The fourth-order valence-electron chi connectivity index (χ4n) is 1.80. The van der Waals surface area contributed by atoms with Crippen LogP contribution in [0, 0.1) is 13.7 Å². The molecule has 1 fully saturated rings. The molecule has 1 atom stereocenters. The quantitative estimate of drug-likeness (QED) is 0.483. The Labute approximate surface area is 118 Å². The van der Waals surface area contributed by atoms with Crippen molar-refractivity contribution in [2.75, 3.05) is 25.1 Å². The van der Waals surface area contributed by atoms with Crippen LogP contribution in [0.15, 0.2) is 18.2 Å². The Hall–Kier alpha value is -0.930. The minimum Gasteiger partial charge on any atom is -0.386 e. The van der Waals surface area contributed by atoms with Crippen LogP contribution < -0.4 is 5.32 Å². The number of nitro groups is 1. The van der Waals surface area contributed by atoms with Crippen LogP contribution in [0.2, 0.25) is 0 Å². The standard InChI is InChI=1S/C11H13IN2O4/c12-8-1-2-9(10(5-8)14(16)17)13-6-11(15)3-4-18-7-11/h1-2,5,13,15H,3-4,6-7H2. The molecule has 0 radical (unpaired) electrons. The fraction of sp³-hybridized carbons (Fsp3) is 0.455. The molecule has 7 heteroatoms. The van der Waals surface area contributed by atoms with Gasteiger partial charge in [0.2, 0.25) is 0 Å². The molecule has 1 aromatic rings. The average molecular weight is 364 g/mol. The first-order chi connectivity index (χ1) is 8.50. The normalized spacial score (nSPS) is 23.0. The Morgan fingerprint density at radius 2 is 2.39 bits per heavy atom. The summed E-state index contributed by atoms with van der Waals surface area (Å²) in [7, 11) is 0. The van der Waals surface area contributed by atoms with E-state index in [0.29, 0.717) is 18.7 Å². The molecule has 1 saturated heterocycles. The Morgan fingerprint density at radius 3 is 3.00 bits per heavy atom. The highest BCUT2D eigenvalue weighted by Crippen LogP contribution is 2.27. The lowest BCUT2D eigenvalue weighted by molar-refractivity contribution is -0.384. The van der Waals surface area contributed by atoms with E-state index in [2.05, 4.69) is 5.32 Å². The van der Waals surface area contributed by atoms with Crippen LogP contribution in [0.25, 0.3) is 0 Å². The van der Waals surface area contributed by atoms with E-state index >= 15 is 0 Å². The lowest BCUT2D eigenvalue weighted by atomic mass is 10.0. The van der Waals surface area contributed by atoms with Crippen LogP contribution in [0.1, 0.15) is 6.42 Å². The minimum absolute atomic E-state index is 0.0180. The second-order valence-corrected chi connectivity index (χ2v) is 5.54. The number of rotatable bonds is 4. The molecule has 0 amide bonds. The lowest BCUT2D eigenvalue weighted by Gasteiger charge is -2.21. The molecule has 1 unspecified atom stereocenters.